The van der Waals surface area contributed by atoms with Crippen LogP contribution >= 0.6 is 0 Å². The first kappa shape index (κ1) is 22.3. The van der Waals surface area contributed by atoms with Crippen molar-refractivity contribution in [1.29, 1.82) is 0 Å². The molecule has 3 amide bonds. The average Bonchev–Trinajstić information content (AvgIpc) is 3.11. The molecule has 5 rings (SSSR count). The second kappa shape index (κ2) is 9.06. The fourth-order valence-corrected chi connectivity index (χ4v) is 6.02. The number of amides is 3. The van der Waals surface area contributed by atoms with Crippen LogP contribution in [0.3, 0.4) is 0 Å². The van der Waals surface area contributed by atoms with Gasteiger partial charge in [-0.2, -0.15) is 0 Å². The van der Waals surface area contributed by atoms with E-state index in [4.69, 9.17) is 4.74 Å². The lowest BCUT2D eigenvalue weighted by molar-refractivity contribution is -0.136. The molecular formula is C25H34N4O4. The van der Waals surface area contributed by atoms with E-state index in [-0.39, 0.29) is 24.1 Å². The molecule has 33 heavy (non-hydrogen) atoms. The largest absolute Gasteiger partial charge is 0.376 e. The number of likely N-dealkylation sites (N-methyl/N-ethyl adjacent to an activating group) is 1. The van der Waals surface area contributed by atoms with E-state index in [2.05, 4.69) is 35.2 Å². The molecule has 1 saturated carbocycles. The topological polar surface area (TPSA) is 82.2 Å². The third-order valence-electron chi connectivity index (χ3n) is 7.85. The minimum absolute atomic E-state index is 0.119. The van der Waals surface area contributed by atoms with E-state index in [1.165, 1.54) is 19.3 Å². The first-order valence-electron chi connectivity index (χ1n) is 12.3. The number of rotatable bonds is 6. The first-order chi connectivity index (χ1) is 16.0. The van der Waals surface area contributed by atoms with Gasteiger partial charge in [0.15, 0.2) is 0 Å². The highest BCUT2D eigenvalue weighted by molar-refractivity contribution is 6.05. The minimum atomic E-state index is -0.573. The van der Waals surface area contributed by atoms with Crippen LogP contribution in [0.5, 0.6) is 0 Å². The summed E-state index contributed by atoms with van der Waals surface area (Å²) in [6.45, 7) is 5.28. The number of fused-ring (bicyclic) bond motifs is 1. The van der Waals surface area contributed by atoms with Crippen LogP contribution in [0.4, 0.5) is 5.69 Å². The Balaban J connectivity index is 1.30. The lowest BCUT2D eigenvalue weighted by atomic mass is 9.86. The Morgan fingerprint density at radius 3 is 2.67 bits per heavy atom. The van der Waals surface area contributed by atoms with Crippen molar-refractivity contribution in [1.82, 2.24) is 15.1 Å². The van der Waals surface area contributed by atoms with E-state index in [9.17, 15) is 14.4 Å². The number of hydrogen-bond donors (Lipinski definition) is 1. The standard InChI is InChI=1S/C25H34N4O4/c1-3-33-18-14-28(15-18)21-7-5-4-6-20(21)27(2)17-8-9-19-16(12-17)13-29(25(19)32)22-10-11-23(30)26-24(22)31/h8-9,12,18,20-22H,3-7,10-11,13-15H2,1-2H3,(H,26,30,31)/t20-,21+,22?/m0/s1. The Hall–Kier alpha value is -2.45. The molecule has 1 aliphatic carbocycles. The summed E-state index contributed by atoms with van der Waals surface area (Å²) in [7, 11) is 2.17. The Morgan fingerprint density at radius 1 is 1.12 bits per heavy atom. The van der Waals surface area contributed by atoms with Gasteiger partial charge in [-0.3, -0.25) is 24.6 Å². The maximum Gasteiger partial charge on any atom is 0.255 e. The van der Waals surface area contributed by atoms with Crippen molar-refractivity contribution in [3.05, 3.63) is 29.3 Å². The van der Waals surface area contributed by atoms with Gasteiger partial charge in [0.25, 0.3) is 5.91 Å². The van der Waals surface area contributed by atoms with Crippen LogP contribution in [-0.2, 0) is 20.9 Å². The van der Waals surface area contributed by atoms with E-state index in [0.717, 1.165) is 37.4 Å². The number of nitrogens with one attached hydrogen (secondary N) is 1. The quantitative estimate of drug-likeness (QED) is 0.662. The molecule has 1 N–H and O–H groups in total. The van der Waals surface area contributed by atoms with Gasteiger partial charge in [-0.05, 0) is 49.9 Å². The SMILES string of the molecule is CCOC1CN([C@@H]2CCCC[C@@H]2N(C)c2ccc3c(c2)CN(C2CCC(=O)NC2=O)C3=O)C1. The van der Waals surface area contributed by atoms with Crippen molar-refractivity contribution in [2.75, 3.05) is 31.6 Å². The van der Waals surface area contributed by atoms with Gasteiger partial charge in [-0.1, -0.05) is 12.8 Å². The van der Waals surface area contributed by atoms with Crippen LogP contribution in [-0.4, -0.2) is 78.5 Å². The lowest BCUT2D eigenvalue weighted by Gasteiger charge is -2.50. The monoisotopic (exact) mass is 454 g/mol. The summed E-state index contributed by atoms with van der Waals surface area (Å²) in [5.41, 5.74) is 2.74. The molecule has 0 bridgehead atoms. The average molecular weight is 455 g/mol. The second-order valence-corrected chi connectivity index (χ2v) is 9.80. The third-order valence-corrected chi connectivity index (χ3v) is 7.85. The van der Waals surface area contributed by atoms with E-state index >= 15 is 0 Å². The smallest absolute Gasteiger partial charge is 0.255 e. The molecule has 0 radical (unpaired) electrons. The highest BCUT2D eigenvalue weighted by Gasteiger charge is 2.41. The highest BCUT2D eigenvalue weighted by atomic mass is 16.5. The van der Waals surface area contributed by atoms with Crippen LogP contribution in [0.25, 0.3) is 0 Å². The van der Waals surface area contributed by atoms with Gasteiger partial charge < -0.3 is 14.5 Å². The molecule has 8 heteroatoms. The number of hydrogen-bond acceptors (Lipinski definition) is 6. The van der Waals surface area contributed by atoms with Crippen LogP contribution in [0, 0.1) is 0 Å². The fourth-order valence-electron chi connectivity index (χ4n) is 6.02. The molecule has 3 aliphatic heterocycles. The zero-order chi connectivity index (χ0) is 23.1. The third kappa shape index (κ3) is 4.15. The summed E-state index contributed by atoms with van der Waals surface area (Å²) in [4.78, 5) is 43.4. The Bertz CT molecular complexity index is 944. The van der Waals surface area contributed by atoms with Gasteiger partial charge in [0.05, 0.1) is 6.10 Å². The zero-order valence-electron chi connectivity index (χ0n) is 19.6. The van der Waals surface area contributed by atoms with Gasteiger partial charge >= 0.3 is 0 Å². The number of nitrogens with zero attached hydrogens (tertiary/aromatic N) is 3. The van der Waals surface area contributed by atoms with E-state index in [1.54, 1.807) is 4.90 Å². The van der Waals surface area contributed by atoms with Gasteiger partial charge in [-0.15, -0.1) is 0 Å². The molecular weight excluding hydrogens is 420 g/mol. The minimum Gasteiger partial charge on any atom is -0.376 e. The van der Waals surface area contributed by atoms with Gasteiger partial charge in [0.2, 0.25) is 11.8 Å². The molecule has 8 nitrogen and oxygen atoms in total. The maximum absolute atomic E-state index is 13.0. The van der Waals surface area contributed by atoms with Gasteiger partial charge in [-0.25, -0.2) is 0 Å². The van der Waals surface area contributed by atoms with Crippen molar-refractivity contribution in [2.24, 2.45) is 0 Å². The summed E-state index contributed by atoms with van der Waals surface area (Å²) in [5.74, 6) is -0.748. The molecule has 1 aromatic rings. The molecule has 1 aromatic carbocycles. The summed E-state index contributed by atoms with van der Waals surface area (Å²) in [6, 6.07) is 6.44. The molecule has 0 aromatic heterocycles. The van der Waals surface area contributed by atoms with Crippen LogP contribution in [0.15, 0.2) is 18.2 Å². The van der Waals surface area contributed by atoms with E-state index < -0.39 is 6.04 Å². The Labute approximate surface area is 195 Å². The van der Waals surface area contributed by atoms with Crippen LogP contribution in [0.1, 0.15) is 61.4 Å². The zero-order valence-corrected chi connectivity index (χ0v) is 19.6. The van der Waals surface area contributed by atoms with Crippen LogP contribution < -0.4 is 10.2 Å². The number of anilines is 1. The van der Waals surface area contributed by atoms with Crippen molar-refractivity contribution < 1.29 is 19.1 Å². The Morgan fingerprint density at radius 2 is 1.91 bits per heavy atom. The van der Waals surface area contributed by atoms with E-state index in [0.29, 0.717) is 36.7 Å². The summed E-state index contributed by atoms with van der Waals surface area (Å²) in [6.07, 6.45) is 5.90. The van der Waals surface area contributed by atoms with E-state index in [1.807, 2.05) is 12.1 Å². The van der Waals surface area contributed by atoms with Crippen molar-refractivity contribution in [3.63, 3.8) is 0 Å². The lowest BCUT2D eigenvalue weighted by Crippen LogP contribution is -2.62. The predicted octanol–water partition coefficient (Wildman–Crippen LogP) is 1.92. The number of carbonyl (C=O) groups excluding carboxylic acids is 3. The van der Waals surface area contributed by atoms with Gasteiger partial charge in [0.1, 0.15) is 6.04 Å². The number of piperidine rings is 1. The molecule has 3 fully saturated rings. The summed E-state index contributed by atoms with van der Waals surface area (Å²) in [5, 5.41) is 2.37. The van der Waals surface area contributed by atoms with Crippen molar-refractivity contribution >= 4 is 23.4 Å². The molecule has 3 atom stereocenters. The Kier molecular flexibility index (Phi) is 6.14. The number of ether oxygens (including phenoxy) is 1. The highest BCUT2D eigenvalue weighted by Crippen LogP contribution is 2.35. The number of imide groups is 1. The normalized spacial score (nSPS) is 28.5. The fraction of sp³-hybridized carbons (Fsp3) is 0.640. The van der Waals surface area contributed by atoms with Crippen molar-refractivity contribution in [2.45, 2.75) is 76.2 Å². The molecule has 2 saturated heterocycles. The molecule has 1 unspecified atom stereocenters. The summed E-state index contributed by atoms with van der Waals surface area (Å²) < 4.78 is 5.77. The predicted molar refractivity (Wildman–Crippen MR) is 124 cm³/mol. The number of benzene rings is 1. The first-order valence-corrected chi connectivity index (χ1v) is 12.3. The molecule has 178 valence electrons. The number of carbonyl (C=O) groups is 3. The maximum atomic E-state index is 13.0. The number of likely N-dealkylation sites (tertiary alicyclic amines) is 1. The second-order valence-electron chi connectivity index (χ2n) is 9.80. The molecule has 0 spiro atoms. The van der Waals surface area contributed by atoms with Crippen LogP contribution in [0.2, 0.25) is 0 Å². The summed E-state index contributed by atoms with van der Waals surface area (Å²) >= 11 is 0. The van der Waals surface area contributed by atoms with Gasteiger partial charge in [0, 0.05) is 63.0 Å². The molecule has 3 heterocycles. The van der Waals surface area contributed by atoms with Crippen molar-refractivity contribution in [3.8, 4) is 0 Å². The molecule has 4 aliphatic rings.